The molecule has 0 bridgehead atoms. The molecule has 2 nitrogen and oxygen atoms in total. The van der Waals surface area contributed by atoms with Gasteiger partial charge >= 0.3 is 5.97 Å². The molecule has 0 spiro atoms. The molecule has 0 N–H and O–H groups in total. The van der Waals surface area contributed by atoms with Gasteiger partial charge in [0.1, 0.15) is 0 Å². The van der Waals surface area contributed by atoms with Crippen LogP contribution in [0.1, 0.15) is 87.0 Å². The van der Waals surface area contributed by atoms with Gasteiger partial charge in [0.2, 0.25) is 0 Å². The Hall–Kier alpha value is -1.87. The zero-order chi connectivity index (χ0) is 21.4. The van der Waals surface area contributed by atoms with Crippen molar-refractivity contribution in [3.05, 3.63) is 68.7 Å². The molecule has 0 unspecified atom stereocenters. The predicted molar refractivity (Wildman–Crippen MR) is 125 cm³/mol. The second-order valence-corrected chi connectivity index (χ2v) is 10.2. The van der Waals surface area contributed by atoms with E-state index in [2.05, 4.69) is 68.8 Å². The Kier molecular flexibility index (Phi) is 6.10. The van der Waals surface area contributed by atoms with E-state index in [0.29, 0.717) is 12.2 Å². The molecule has 1 aliphatic rings. The second-order valence-electron chi connectivity index (χ2n) is 9.32. The van der Waals surface area contributed by atoms with Crippen LogP contribution < -0.4 is 0 Å². The Balaban J connectivity index is 1.97. The van der Waals surface area contributed by atoms with Crippen LogP contribution in [-0.2, 0) is 15.6 Å². The lowest BCUT2D eigenvalue weighted by atomic mass is 9.63. The van der Waals surface area contributed by atoms with E-state index in [1.54, 1.807) is 0 Å². The number of benzene rings is 2. The number of fused-ring (bicyclic) bond motifs is 1. The SMILES string of the molecule is CCOC(=O)c1ccc(/C=C(\C)c2cc3c(cc2Br)C(C)(C)CCC3(C)C)cc1. The van der Waals surface area contributed by atoms with Crippen LogP contribution in [0.5, 0.6) is 0 Å². The maximum Gasteiger partial charge on any atom is 0.338 e. The number of hydrogen-bond acceptors (Lipinski definition) is 2. The molecule has 0 atom stereocenters. The second kappa shape index (κ2) is 8.10. The highest BCUT2D eigenvalue weighted by Crippen LogP contribution is 2.48. The molecule has 0 saturated heterocycles. The number of hydrogen-bond donors (Lipinski definition) is 0. The van der Waals surface area contributed by atoms with E-state index >= 15 is 0 Å². The number of rotatable bonds is 4. The molecule has 3 heteroatoms. The van der Waals surface area contributed by atoms with Gasteiger partial charge in [-0.15, -0.1) is 0 Å². The van der Waals surface area contributed by atoms with Crippen molar-refractivity contribution in [1.82, 2.24) is 0 Å². The monoisotopic (exact) mass is 454 g/mol. The standard InChI is InChI=1S/C26H31BrO2/c1-7-29-24(28)19-10-8-18(9-11-19)14-17(2)20-15-21-22(16-23(20)27)26(5,6)13-12-25(21,3)4/h8-11,14-16H,7,12-13H2,1-6H3/b17-14+. The Morgan fingerprint density at radius 1 is 1.03 bits per heavy atom. The Labute approximate surface area is 183 Å². The van der Waals surface area contributed by atoms with Gasteiger partial charge in [0, 0.05) is 4.47 Å². The average molecular weight is 455 g/mol. The lowest BCUT2D eigenvalue weighted by Crippen LogP contribution is -2.34. The fourth-order valence-electron chi connectivity index (χ4n) is 4.15. The van der Waals surface area contributed by atoms with Gasteiger partial charge in [0.25, 0.3) is 0 Å². The van der Waals surface area contributed by atoms with Crippen LogP contribution in [0.4, 0.5) is 0 Å². The Bertz CT molecular complexity index is 949. The van der Waals surface area contributed by atoms with Crippen LogP contribution in [-0.4, -0.2) is 12.6 Å². The molecule has 3 rings (SSSR count). The summed E-state index contributed by atoms with van der Waals surface area (Å²) in [6.07, 6.45) is 4.58. The highest BCUT2D eigenvalue weighted by molar-refractivity contribution is 9.10. The van der Waals surface area contributed by atoms with E-state index in [-0.39, 0.29) is 16.8 Å². The summed E-state index contributed by atoms with van der Waals surface area (Å²) in [4.78, 5) is 11.9. The summed E-state index contributed by atoms with van der Waals surface area (Å²) in [5, 5.41) is 0. The van der Waals surface area contributed by atoms with Crippen LogP contribution in [0.2, 0.25) is 0 Å². The van der Waals surface area contributed by atoms with Crippen molar-refractivity contribution < 1.29 is 9.53 Å². The summed E-state index contributed by atoms with van der Waals surface area (Å²) in [5.41, 5.74) is 7.37. The minimum absolute atomic E-state index is 0.182. The first-order valence-corrected chi connectivity index (χ1v) is 11.1. The molecule has 0 aromatic heterocycles. The Morgan fingerprint density at radius 3 is 2.14 bits per heavy atom. The number of halogens is 1. The molecule has 2 aromatic rings. The first-order chi connectivity index (χ1) is 13.5. The van der Waals surface area contributed by atoms with E-state index in [1.807, 2.05) is 31.2 Å². The van der Waals surface area contributed by atoms with Gasteiger partial charge in [-0.1, -0.05) is 61.8 Å². The Morgan fingerprint density at radius 2 is 1.59 bits per heavy atom. The molecule has 154 valence electrons. The predicted octanol–water partition coefficient (Wildman–Crippen LogP) is 7.54. The van der Waals surface area contributed by atoms with E-state index in [0.717, 1.165) is 10.0 Å². The summed E-state index contributed by atoms with van der Waals surface area (Å²) in [7, 11) is 0. The molecule has 0 amide bonds. The quantitative estimate of drug-likeness (QED) is 0.352. The molecular formula is C26H31BrO2. The van der Waals surface area contributed by atoms with Crippen molar-refractivity contribution in [2.24, 2.45) is 0 Å². The van der Waals surface area contributed by atoms with Gasteiger partial charge in [-0.05, 0) is 89.6 Å². The molecular weight excluding hydrogens is 424 g/mol. The van der Waals surface area contributed by atoms with Crippen molar-refractivity contribution in [2.75, 3.05) is 6.61 Å². The van der Waals surface area contributed by atoms with E-state index in [4.69, 9.17) is 4.74 Å². The molecule has 29 heavy (non-hydrogen) atoms. The third kappa shape index (κ3) is 4.50. The van der Waals surface area contributed by atoms with Gasteiger partial charge in [-0.3, -0.25) is 0 Å². The average Bonchev–Trinajstić information content (AvgIpc) is 2.66. The van der Waals surface area contributed by atoms with Gasteiger partial charge < -0.3 is 4.74 Å². The maximum absolute atomic E-state index is 11.9. The van der Waals surface area contributed by atoms with Crippen molar-refractivity contribution in [1.29, 1.82) is 0 Å². The third-order valence-electron chi connectivity index (χ3n) is 6.17. The smallest absolute Gasteiger partial charge is 0.338 e. The zero-order valence-electron chi connectivity index (χ0n) is 18.4. The molecule has 2 aromatic carbocycles. The van der Waals surface area contributed by atoms with Crippen molar-refractivity contribution in [2.45, 2.75) is 65.2 Å². The highest BCUT2D eigenvalue weighted by atomic mass is 79.9. The van der Waals surface area contributed by atoms with Crippen molar-refractivity contribution >= 4 is 33.5 Å². The van der Waals surface area contributed by atoms with Gasteiger partial charge in [0.15, 0.2) is 0 Å². The van der Waals surface area contributed by atoms with E-state index in [1.165, 1.54) is 35.1 Å². The number of carbonyl (C=O) groups is 1. The molecule has 1 aliphatic carbocycles. The maximum atomic E-state index is 11.9. The first-order valence-electron chi connectivity index (χ1n) is 10.4. The summed E-state index contributed by atoms with van der Waals surface area (Å²) in [6.45, 7) is 13.8. The number of carbonyl (C=O) groups excluding carboxylic acids is 1. The van der Waals surface area contributed by atoms with Crippen molar-refractivity contribution in [3.63, 3.8) is 0 Å². The van der Waals surface area contributed by atoms with Gasteiger partial charge in [-0.25, -0.2) is 4.79 Å². The fourth-order valence-corrected chi connectivity index (χ4v) is 4.80. The van der Waals surface area contributed by atoms with Crippen LogP contribution in [0.3, 0.4) is 0 Å². The minimum atomic E-state index is -0.276. The molecule has 0 radical (unpaired) electrons. The number of ether oxygens (including phenoxy) is 1. The highest BCUT2D eigenvalue weighted by Gasteiger charge is 2.37. The summed E-state index contributed by atoms with van der Waals surface area (Å²) in [5.74, 6) is -0.276. The number of esters is 1. The zero-order valence-corrected chi connectivity index (χ0v) is 19.9. The lowest BCUT2D eigenvalue weighted by molar-refractivity contribution is 0.0526. The topological polar surface area (TPSA) is 26.3 Å². The van der Waals surface area contributed by atoms with E-state index < -0.39 is 0 Å². The fraction of sp³-hybridized carbons (Fsp3) is 0.423. The van der Waals surface area contributed by atoms with Crippen LogP contribution >= 0.6 is 15.9 Å². The summed E-state index contributed by atoms with van der Waals surface area (Å²) in [6, 6.07) is 12.3. The minimum Gasteiger partial charge on any atom is -0.462 e. The molecule has 0 heterocycles. The molecule has 0 fully saturated rings. The summed E-state index contributed by atoms with van der Waals surface area (Å²) >= 11 is 3.82. The normalized spacial score (nSPS) is 17.6. The summed E-state index contributed by atoms with van der Waals surface area (Å²) < 4.78 is 6.20. The van der Waals surface area contributed by atoms with Crippen LogP contribution in [0.25, 0.3) is 11.6 Å². The first kappa shape index (κ1) is 21.8. The lowest BCUT2D eigenvalue weighted by Gasteiger charge is -2.42. The van der Waals surface area contributed by atoms with Crippen LogP contribution in [0, 0.1) is 0 Å². The van der Waals surface area contributed by atoms with E-state index in [9.17, 15) is 4.79 Å². The van der Waals surface area contributed by atoms with Gasteiger partial charge in [-0.2, -0.15) is 0 Å². The third-order valence-corrected chi connectivity index (χ3v) is 6.83. The number of allylic oxidation sites excluding steroid dienone is 1. The largest absolute Gasteiger partial charge is 0.462 e. The molecule has 0 aliphatic heterocycles. The molecule has 0 saturated carbocycles. The van der Waals surface area contributed by atoms with Crippen molar-refractivity contribution in [3.8, 4) is 0 Å². The van der Waals surface area contributed by atoms with Crippen LogP contribution in [0.15, 0.2) is 40.9 Å². The van der Waals surface area contributed by atoms with Gasteiger partial charge in [0.05, 0.1) is 12.2 Å².